The van der Waals surface area contributed by atoms with Crippen molar-refractivity contribution in [2.24, 2.45) is 5.92 Å². The van der Waals surface area contributed by atoms with E-state index in [4.69, 9.17) is 0 Å². The Morgan fingerprint density at radius 2 is 1.81 bits per heavy atom. The number of nitrogens with one attached hydrogen (secondary N) is 2. The number of hydrogen-bond donors (Lipinski definition) is 2. The van der Waals surface area contributed by atoms with Gasteiger partial charge in [0.2, 0.25) is 5.91 Å². The first kappa shape index (κ1) is 18.4. The van der Waals surface area contributed by atoms with Crippen molar-refractivity contribution in [1.82, 2.24) is 15.5 Å². The standard InChI is InChI=1S/C17H35N3O/c1-5-10-18-14(4)15-8-11-20(12-9-15)13-17(21)19-16(6-2)7-3/h14-16,18H,5-13H2,1-4H3,(H,19,21). The lowest BCUT2D eigenvalue weighted by Gasteiger charge is -2.35. The summed E-state index contributed by atoms with van der Waals surface area (Å²) in [6.45, 7) is 12.6. The molecule has 1 unspecified atom stereocenters. The zero-order chi connectivity index (χ0) is 15.7. The first-order chi connectivity index (χ1) is 10.1. The lowest BCUT2D eigenvalue weighted by Crippen LogP contribution is -2.46. The zero-order valence-electron chi connectivity index (χ0n) is 14.5. The monoisotopic (exact) mass is 297 g/mol. The van der Waals surface area contributed by atoms with Gasteiger partial charge in [-0.1, -0.05) is 20.8 Å². The zero-order valence-corrected chi connectivity index (χ0v) is 14.5. The van der Waals surface area contributed by atoms with Gasteiger partial charge in [0, 0.05) is 12.1 Å². The smallest absolute Gasteiger partial charge is 0.234 e. The molecule has 0 radical (unpaired) electrons. The van der Waals surface area contributed by atoms with Crippen LogP contribution in [-0.2, 0) is 4.79 Å². The molecule has 1 saturated heterocycles. The second-order valence-corrected chi connectivity index (χ2v) is 6.44. The second kappa shape index (κ2) is 10.2. The van der Waals surface area contributed by atoms with E-state index < -0.39 is 0 Å². The SMILES string of the molecule is CCCNC(C)C1CCN(CC(=O)NC(CC)CC)CC1. The van der Waals surface area contributed by atoms with E-state index in [1.165, 1.54) is 19.3 Å². The molecule has 1 aliphatic heterocycles. The molecule has 0 bridgehead atoms. The van der Waals surface area contributed by atoms with E-state index in [9.17, 15) is 4.79 Å². The fourth-order valence-corrected chi connectivity index (χ4v) is 3.12. The summed E-state index contributed by atoms with van der Waals surface area (Å²) < 4.78 is 0. The molecule has 21 heavy (non-hydrogen) atoms. The van der Waals surface area contributed by atoms with E-state index in [0.29, 0.717) is 18.6 Å². The van der Waals surface area contributed by atoms with Crippen LogP contribution in [0.3, 0.4) is 0 Å². The van der Waals surface area contributed by atoms with Crippen molar-refractivity contribution in [2.75, 3.05) is 26.2 Å². The molecule has 0 aliphatic carbocycles. The van der Waals surface area contributed by atoms with E-state index in [0.717, 1.165) is 38.4 Å². The number of carbonyl (C=O) groups is 1. The number of likely N-dealkylation sites (tertiary alicyclic amines) is 1. The highest BCUT2D eigenvalue weighted by molar-refractivity contribution is 5.78. The molecule has 1 aliphatic rings. The van der Waals surface area contributed by atoms with Gasteiger partial charge in [0.15, 0.2) is 0 Å². The van der Waals surface area contributed by atoms with Gasteiger partial charge in [0.1, 0.15) is 0 Å². The Morgan fingerprint density at radius 1 is 1.19 bits per heavy atom. The summed E-state index contributed by atoms with van der Waals surface area (Å²) in [4.78, 5) is 14.3. The van der Waals surface area contributed by atoms with Crippen LogP contribution >= 0.6 is 0 Å². The Bertz CT molecular complexity index is 284. The van der Waals surface area contributed by atoms with Crippen LogP contribution in [0.25, 0.3) is 0 Å². The fraction of sp³-hybridized carbons (Fsp3) is 0.941. The number of nitrogens with zero attached hydrogens (tertiary/aromatic N) is 1. The van der Waals surface area contributed by atoms with Crippen LogP contribution in [0.15, 0.2) is 0 Å². The van der Waals surface area contributed by atoms with E-state index in [2.05, 4.69) is 43.2 Å². The average Bonchev–Trinajstić information content (AvgIpc) is 2.50. The van der Waals surface area contributed by atoms with E-state index in [1.54, 1.807) is 0 Å². The van der Waals surface area contributed by atoms with Crippen LogP contribution in [0, 0.1) is 5.92 Å². The summed E-state index contributed by atoms with van der Waals surface area (Å²) in [7, 11) is 0. The Labute approximate surface area is 131 Å². The fourth-order valence-electron chi connectivity index (χ4n) is 3.12. The minimum atomic E-state index is 0.194. The first-order valence-corrected chi connectivity index (χ1v) is 8.85. The maximum Gasteiger partial charge on any atom is 0.234 e. The Kier molecular flexibility index (Phi) is 8.93. The molecule has 0 aromatic carbocycles. The van der Waals surface area contributed by atoms with Crippen LogP contribution in [0.1, 0.15) is 59.8 Å². The van der Waals surface area contributed by atoms with Gasteiger partial charge in [-0.2, -0.15) is 0 Å². The van der Waals surface area contributed by atoms with Crippen molar-refractivity contribution < 1.29 is 4.79 Å². The third-order valence-corrected chi connectivity index (χ3v) is 4.77. The largest absolute Gasteiger partial charge is 0.352 e. The van der Waals surface area contributed by atoms with Crippen LogP contribution in [0.4, 0.5) is 0 Å². The molecule has 0 saturated carbocycles. The minimum Gasteiger partial charge on any atom is -0.352 e. The molecule has 124 valence electrons. The number of piperidine rings is 1. The molecule has 1 heterocycles. The topological polar surface area (TPSA) is 44.4 Å². The van der Waals surface area contributed by atoms with Gasteiger partial charge in [-0.05, 0) is 64.6 Å². The summed E-state index contributed by atoms with van der Waals surface area (Å²) in [5, 5.41) is 6.73. The summed E-state index contributed by atoms with van der Waals surface area (Å²) in [5.41, 5.74) is 0. The van der Waals surface area contributed by atoms with Gasteiger partial charge in [-0.25, -0.2) is 0 Å². The third kappa shape index (κ3) is 6.79. The molecular formula is C17H35N3O. The molecule has 4 nitrogen and oxygen atoms in total. The lowest BCUT2D eigenvalue weighted by molar-refractivity contribution is -0.123. The van der Waals surface area contributed by atoms with Gasteiger partial charge in [0.05, 0.1) is 6.54 Å². The van der Waals surface area contributed by atoms with Gasteiger partial charge < -0.3 is 10.6 Å². The van der Waals surface area contributed by atoms with Crippen molar-refractivity contribution in [1.29, 1.82) is 0 Å². The molecule has 1 atom stereocenters. The van der Waals surface area contributed by atoms with E-state index in [1.807, 2.05) is 0 Å². The van der Waals surface area contributed by atoms with Crippen molar-refractivity contribution in [3.63, 3.8) is 0 Å². The van der Waals surface area contributed by atoms with Crippen molar-refractivity contribution >= 4 is 5.91 Å². The number of carbonyl (C=O) groups excluding carboxylic acids is 1. The summed E-state index contributed by atoms with van der Waals surface area (Å²) in [5.74, 6) is 0.953. The normalized spacial score (nSPS) is 18.9. The van der Waals surface area contributed by atoms with Crippen LogP contribution < -0.4 is 10.6 Å². The summed E-state index contributed by atoms with van der Waals surface area (Å²) in [6, 6.07) is 0.943. The quantitative estimate of drug-likeness (QED) is 0.687. The maximum absolute atomic E-state index is 12.0. The number of rotatable bonds is 9. The molecule has 2 N–H and O–H groups in total. The third-order valence-electron chi connectivity index (χ3n) is 4.77. The predicted molar refractivity (Wildman–Crippen MR) is 89.4 cm³/mol. The first-order valence-electron chi connectivity index (χ1n) is 8.85. The molecule has 1 fully saturated rings. The Morgan fingerprint density at radius 3 is 2.33 bits per heavy atom. The minimum absolute atomic E-state index is 0.194. The summed E-state index contributed by atoms with van der Waals surface area (Å²) >= 11 is 0. The van der Waals surface area contributed by atoms with Crippen LogP contribution in [0.5, 0.6) is 0 Å². The van der Waals surface area contributed by atoms with E-state index in [-0.39, 0.29) is 5.91 Å². The second-order valence-electron chi connectivity index (χ2n) is 6.44. The van der Waals surface area contributed by atoms with Crippen molar-refractivity contribution in [2.45, 2.75) is 71.9 Å². The molecule has 0 aromatic heterocycles. The highest BCUT2D eigenvalue weighted by Gasteiger charge is 2.24. The Hall–Kier alpha value is -0.610. The van der Waals surface area contributed by atoms with Crippen molar-refractivity contribution in [3.8, 4) is 0 Å². The van der Waals surface area contributed by atoms with Gasteiger partial charge in [0.25, 0.3) is 0 Å². The molecule has 0 aromatic rings. The Balaban J connectivity index is 2.25. The van der Waals surface area contributed by atoms with Crippen LogP contribution in [-0.4, -0.2) is 49.1 Å². The lowest BCUT2D eigenvalue weighted by atomic mass is 9.90. The highest BCUT2D eigenvalue weighted by atomic mass is 16.2. The number of amides is 1. The van der Waals surface area contributed by atoms with Crippen LogP contribution in [0.2, 0.25) is 0 Å². The molecular weight excluding hydrogens is 262 g/mol. The van der Waals surface area contributed by atoms with Gasteiger partial charge in [-0.15, -0.1) is 0 Å². The molecule has 0 spiro atoms. The van der Waals surface area contributed by atoms with Crippen molar-refractivity contribution in [3.05, 3.63) is 0 Å². The molecule has 1 amide bonds. The highest BCUT2D eigenvalue weighted by Crippen LogP contribution is 2.20. The van der Waals surface area contributed by atoms with E-state index >= 15 is 0 Å². The number of hydrogen-bond acceptors (Lipinski definition) is 3. The average molecular weight is 297 g/mol. The van der Waals surface area contributed by atoms with Gasteiger partial charge in [-0.3, -0.25) is 9.69 Å². The molecule has 4 heteroatoms. The van der Waals surface area contributed by atoms with Gasteiger partial charge >= 0.3 is 0 Å². The maximum atomic E-state index is 12.0. The summed E-state index contributed by atoms with van der Waals surface area (Å²) in [6.07, 6.45) is 5.64. The molecule has 1 rings (SSSR count). The predicted octanol–water partition coefficient (Wildman–Crippen LogP) is 2.39.